The topological polar surface area (TPSA) is 50.1 Å². The normalized spacial score (nSPS) is 19.6. The van der Waals surface area contributed by atoms with Gasteiger partial charge in [0.2, 0.25) is 0 Å². The van der Waals surface area contributed by atoms with Gasteiger partial charge in [0, 0.05) is 32.7 Å². The van der Waals surface area contributed by atoms with Gasteiger partial charge in [0.25, 0.3) is 0 Å². The van der Waals surface area contributed by atoms with Gasteiger partial charge in [-0.15, -0.1) is 5.10 Å². The van der Waals surface area contributed by atoms with E-state index in [4.69, 9.17) is 0 Å². The summed E-state index contributed by atoms with van der Waals surface area (Å²) in [4.78, 5) is 4.94. The Hall–Kier alpha value is -2.64. The molecule has 1 aliphatic carbocycles. The maximum Gasteiger partial charge on any atom is 0.173 e. The van der Waals surface area contributed by atoms with Crippen LogP contribution in [0.3, 0.4) is 0 Å². The number of nitrogens with zero attached hydrogens (tertiary/aromatic N) is 6. The lowest BCUT2D eigenvalue weighted by molar-refractivity contribution is 0.0993. The molecule has 0 radical (unpaired) electrons. The fraction of sp³-hybridized carbons (Fsp3) is 0.458. The molecular formula is C24H29FN6. The molecule has 2 aromatic carbocycles. The molecule has 0 amide bonds. The van der Waals surface area contributed by atoms with Crippen LogP contribution >= 0.6 is 0 Å². The SMILES string of the molecule is Fc1ccc(C(c2nnnn2C2CCCC2)N2CCN(Cc3ccccc3)CC2)cc1. The number of benzene rings is 2. The van der Waals surface area contributed by atoms with Gasteiger partial charge >= 0.3 is 0 Å². The summed E-state index contributed by atoms with van der Waals surface area (Å²) in [5.74, 6) is 0.667. The van der Waals surface area contributed by atoms with Gasteiger partial charge in [-0.05, 0) is 46.5 Å². The second-order valence-corrected chi connectivity index (χ2v) is 8.67. The van der Waals surface area contributed by atoms with Crippen molar-refractivity contribution in [2.24, 2.45) is 0 Å². The molecule has 2 heterocycles. The molecule has 2 fully saturated rings. The summed E-state index contributed by atoms with van der Waals surface area (Å²) in [6.45, 7) is 4.78. The monoisotopic (exact) mass is 420 g/mol. The van der Waals surface area contributed by atoms with Crippen LogP contribution in [0, 0.1) is 5.82 Å². The summed E-state index contributed by atoms with van der Waals surface area (Å²) in [5, 5.41) is 12.9. The number of piperazine rings is 1. The molecule has 0 spiro atoms. The summed E-state index contributed by atoms with van der Waals surface area (Å²) in [5.41, 5.74) is 2.39. The third kappa shape index (κ3) is 4.52. The molecule has 0 N–H and O–H groups in total. The first-order valence-electron chi connectivity index (χ1n) is 11.3. The van der Waals surface area contributed by atoms with Gasteiger partial charge in [0.05, 0.1) is 12.1 Å². The third-order valence-electron chi connectivity index (χ3n) is 6.64. The van der Waals surface area contributed by atoms with Gasteiger partial charge < -0.3 is 0 Å². The number of rotatable bonds is 6. The van der Waals surface area contributed by atoms with Crippen molar-refractivity contribution in [2.45, 2.75) is 44.3 Å². The minimum absolute atomic E-state index is 0.0601. The molecule has 1 unspecified atom stereocenters. The first-order chi connectivity index (χ1) is 15.3. The maximum atomic E-state index is 13.7. The molecule has 1 saturated carbocycles. The zero-order chi connectivity index (χ0) is 21.0. The summed E-state index contributed by atoms with van der Waals surface area (Å²) in [7, 11) is 0. The first-order valence-corrected chi connectivity index (χ1v) is 11.3. The van der Waals surface area contributed by atoms with Crippen molar-refractivity contribution in [3.8, 4) is 0 Å². The Bertz CT molecular complexity index is 959. The Morgan fingerprint density at radius 1 is 0.903 bits per heavy atom. The largest absolute Gasteiger partial charge is 0.297 e. The van der Waals surface area contributed by atoms with Crippen LogP contribution in [0.15, 0.2) is 54.6 Å². The van der Waals surface area contributed by atoms with Crippen LogP contribution in [0.2, 0.25) is 0 Å². The number of hydrogen-bond donors (Lipinski definition) is 0. The highest BCUT2D eigenvalue weighted by Gasteiger charge is 2.33. The van der Waals surface area contributed by atoms with Crippen molar-refractivity contribution in [3.63, 3.8) is 0 Å². The van der Waals surface area contributed by atoms with E-state index in [9.17, 15) is 4.39 Å². The van der Waals surface area contributed by atoms with Crippen LogP contribution in [0.5, 0.6) is 0 Å². The van der Waals surface area contributed by atoms with E-state index in [1.54, 1.807) is 0 Å². The average molecular weight is 421 g/mol. The van der Waals surface area contributed by atoms with Crippen molar-refractivity contribution < 1.29 is 4.39 Å². The van der Waals surface area contributed by atoms with Crippen molar-refractivity contribution in [1.29, 1.82) is 0 Å². The molecule has 1 aliphatic heterocycles. The minimum atomic E-state index is -0.217. The number of halogens is 1. The number of tetrazole rings is 1. The smallest absolute Gasteiger partial charge is 0.173 e. The second kappa shape index (κ2) is 9.24. The molecule has 1 atom stereocenters. The molecule has 6 nitrogen and oxygen atoms in total. The van der Waals surface area contributed by atoms with Gasteiger partial charge in [-0.2, -0.15) is 0 Å². The fourth-order valence-corrected chi connectivity index (χ4v) is 4.98. The van der Waals surface area contributed by atoms with E-state index >= 15 is 0 Å². The van der Waals surface area contributed by atoms with E-state index in [0.717, 1.165) is 57.0 Å². The van der Waals surface area contributed by atoms with E-state index in [0.29, 0.717) is 6.04 Å². The van der Waals surface area contributed by atoms with Crippen LogP contribution in [0.1, 0.15) is 54.7 Å². The molecule has 162 valence electrons. The molecule has 1 aromatic heterocycles. The molecule has 2 aliphatic rings. The van der Waals surface area contributed by atoms with E-state index < -0.39 is 0 Å². The number of hydrogen-bond acceptors (Lipinski definition) is 5. The maximum absolute atomic E-state index is 13.7. The Balaban J connectivity index is 1.37. The molecule has 3 aromatic rings. The minimum Gasteiger partial charge on any atom is -0.297 e. The van der Waals surface area contributed by atoms with Crippen molar-refractivity contribution >= 4 is 0 Å². The van der Waals surface area contributed by atoms with Gasteiger partial charge in [0.1, 0.15) is 5.82 Å². The zero-order valence-electron chi connectivity index (χ0n) is 17.8. The first kappa shape index (κ1) is 20.3. The van der Waals surface area contributed by atoms with E-state index in [-0.39, 0.29) is 11.9 Å². The summed E-state index contributed by atoms with van der Waals surface area (Å²) in [6, 6.07) is 17.8. The lowest BCUT2D eigenvalue weighted by atomic mass is 10.0. The molecule has 7 heteroatoms. The van der Waals surface area contributed by atoms with Crippen molar-refractivity contribution in [3.05, 3.63) is 77.4 Å². The highest BCUT2D eigenvalue weighted by Crippen LogP contribution is 2.34. The Labute approximate surface area is 182 Å². The van der Waals surface area contributed by atoms with Crippen LogP contribution in [-0.4, -0.2) is 56.2 Å². The second-order valence-electron chi connectivity index (χ2n) is 8.67. The zero-order valence-corrected chi connectivity index (χ0v) is 17.8. The lowest BCUT2D eigenvalue weighted by Crippen LogP contribution is -2.48. The summed E-state index contributed by atoms with van der Waals surface area (Å²) >= 11 is 0. The average Bonchev–Trinajstić information content (AvgIpc) is 3.49. The summed E-state index contributed by atoms with van der Waals surface area (Å²) < 4.78 is 15.7. The Kier molecular flexibility index (Phi) is 6.04. The molecule has 1 saturated heterocycles. The van der Waals surface area contributed by atoms with Crippen LogP contribution in [0.25, 0.3) is 0 Å². The van der Waals surface area contributed by atoms with Crippen LogP contribution in [0.4, 0.5) is 4.39 Å². The third-order valence-corrected chi connectivity index (χ3v) is 6.64. The number of aromatic nitrogens is 4. The molecule has 31 heavy (non-hydrogen) atoms. The highest BCUT2D eigenvalue weighted by molar-refractivity contribution is 5.26. The molecular weight excluding hydrogens is 391 g/mol. The Morgan fingerprint density at radius 2 is 1.61 bits per heavy atom. The standard InChI is InChI=1S/C24H29FN6/c25-21-12-10-20(11-13-21)23(24-26-27-28-31(24)22-8-4-5-9-22)30-16-14-29(15-17-30)18-19-6-2-1-3-7-19/h1-3,6-7,10-13,22-23H,4-5,8-9,14-18H2. The predicted molar refractivity (Wildman–Crippen MR) is 117 cm³/mol. The predicted octanol–water partition coefficient (Wildman–Crippen LogP) is 3.83. The molecule has 0 bridgehead atoms. The van der Waals surface area contributed by atoms with Gasteiger partial charge in [-0.3, -0.25) is 9.80 Å². The molecule has 5 rings (SSSR count). The van der Waals surface area contributed by atoms with E-state index in [1.807, 2.05) is 16.8 Å². The Morgan fingerprint density at radius 3 is 2.32 bits per heavy atom. The lowest BCUT2D eigenvalue weighted by Gasteiger charge is -2.39. The summed E-state index contributed by atoms with van der Waals surface area (Å²) in [6.07, 6.45) is 4.70. The van der Waals surface area contributed by atoms with E-state index in [2.05, 4.69) is 55.7 Å². The van der Waals surface area contributed by atoms with Crippen LogP contribution < -0.4 is 0 Å². The van der Waals surface area contributed by atoms with E-state index in [1.165, 1.54) is 30.5 Å². The highest BCUT2D eigenvalue weighted by atomic mass is 19.1. The van der Waals surface area contributed by atoms with Gasteiger partial charge in [0.15, 0.2) is 5.82 Å². The van der Waals surface area contributed by atoms with Gasteiger partial charge in [-0.1, -0.05) is 55.3 Å². The van der Waals surface area contributed by atoms with Crippen molar-refractivity contribution in [1.82, 2.24) is 30.0 Å². The van der Waals surface area contributed by atoms with Crippen molar-refractivity contribution in [2.75, 3.05) is 26.2 Å². The quantitative estimate of drug-likeness (QED) is 0.607. The van der Waals surface area contributed by atoms with Gasteiger partial charge in [-0.25, -0.2) is 9.07 Å². The van der Waals surface area contributed by atoms with Crippen LogP contribution in [-0.2, 0) is 6.54 Å². The fourth-order valence-electron chi connectivity index (χ4n) is 4.98.